The van der Waals surface area contributed by atoms with Crippen molar-refractivity contribution < 1.29 is 0 Å². The van der Waals surface area contributed by atoms with E-state index in [9.17, 15) is 0 Å². The van der Waals surface area contributed by atoms with Gasteiger partial charge >= 0.3 is 0 Å². The third kappa shape index (κ3) is 2.42. The van der Waals surface area contributed by atoms with Gasteiger partial charge in [-0.25, -0.2) is 4.98 Å². The van der Waals surface area contributed by atoms with Crippen molar-refractivity contribution in [3.05, 3.63) is 52.2 Å². The topological polar surface area (TPSA) is 63.8 Å². The fraction of sp³-hybridized carbons (Fsp3) is 0. The highest BCUT2D eigenvalue weighted by molar-refractivity contribution is 9.10. The summed E-state index contributed by atoms with van der Waals surface area (Å²) in [6, 6.07) is 9.29. The minimum atomic E-state index is 0.599. The number of rotatable bonds is 2. The smallest absolute Gasteiger partial charge is 0.144 e. The third-order valence-electron chi connectivity index (χ3n) is 2.83. The van der Waals surface area contributed by atoms with E-state index in [0.717, 1.165) is 21.1 Å². The maximum Gasteiger partial charge on any atom is 0.144 e. The average Bonchev–Trinajstić information content (AvgIpc) is 2.45. The summed E-state index contributed by atoms with van der Waals surface area (Å²) in [4.78, 5) is 8.63. The van der Waals surface area contributed by atoms with Gasteiger partial charge in [-0.1, -0.05) is 11.6 Å². The molecule has 0 aliphatic rings. The third-order valence-corrected chi connectivity index (χ3v) is 3.77. The van der Waals surface area contributed by atoms with Crippen LogP contribution in [0.15, 0.2) is 47.2 Å². The molecule has 0 aliphatic carbocycles. The van der Waals surface area contributed by atoms with Crippen LogP contribution in [-0.2, 0) is 0 Å². The van der Waals surface area contributed by atoms with Gasteiger partial charge in [0.15, 0.2) is 0 Å². The molecule has 0 spiro atoms. The van der Waals surface area contributed by atoms with Gasteiger partial charge in [0.2, 0.25) is 0 Å². The van der Waals surface area contributed by atoms with E-state index in [-0.39, 0.29) is 0 Å². The van der Waals surface area contributed by atoms with Gasteiger partial charge in [0, 0.05) is 11.6 Å². The fourth-order valence-electron chi connectivity index (χ4n) is 1.91. The quantitative estimate of drug-likeness (QED) is 0.721. The van der Waals surface area contributed by atoms with Crippen LogP contribution in [0, 0.1) is 0 Å². The maximum atomic E-state index is 6.17. The summed E-state index contributed by atoms with van der Waals surface area (Å²) in [6.07, 6.45) is 3.33. The number of hydrogen-bond acceptors (Lipinski definition) is 4. The second-order valence-corrected chi connectivity index (χ2v) is 5.48. The van der Waals surface area contributed by atoms with Crippen molar-refractivity contribution in [2.45, 2.75) is 0 Å². The number of fused-ring (bicyclic) bond motifs is 1. The van der Waals surface area contributed by atoms with E-state index in [0.29, 0.717) is 16.5 Å². The van der Waals surface area contributed by atoms with E-state index < -0.39 is 0 Å². The van der Waals surface area contributed by atoms with Gasteiger partial charge < -0.3 is 11.1 Å². The number of halogens is 2. The molecule has 100 valence electrons. The van der Waals surface area contributed by atoms with E-state index in [1.807, 2.05) is 24.3 Å². The Bertz CT molecular complexity index is 791. The summed E-state index contributed by atoms with van der Waals surface area (Å²) >= 11 is 9.61. The van der Waals surface area contributed by atoms with Crippen molar-refractivity contribution in [3.63, 3.8) is 0 Å². The number of nitrogens with two attached hydrogens (primary N) is 1. The van der Waals surface area contributed by atoms with Crippen molar-refractivity contribution >= 4 is 55.6 Å². The van der Waals surface area contributed by atoms with E-state index >= 15 is 0 Å². The first-order valence-corrected chi connectivity index (χ1v) is 7.03. The number of hydrogen-bond donors (Lipinski definition) is 2. The van der Waals surface area contributed by atoms with Crippen LogP contribution in [0.2, 0.25) is 5.02 Å². The first-order chi connectivity index (χ1) is 9.65. The van der Waals surface area contributed by atoms with Crippen LogP contribution in [0.25, 0.3) is 10.9 Å². The first-order valence-electron chi connectivity index (χ1n) is 5.86. The Morgan fingerprint density at radius 1 is 1.20 bits per heavy atom. The molecule has 0 radical (unpaired) electrons. The van der Waals surface area contributed by atoms with Crippen molar-refractivity contribution in [1.82, 2.24) is 9.97 Å². The molecule has 1 aromatic carbocycles. The number of nitrogens with zero attached hydrogens (tertiary/aromatic N) is 2. The molecule has 3 N–H and O–H groups in total. The molecule has 20 heavy (non-hydrogen) atoms. The standard InChI is InChI=1S/C14H10BrClN4/c15-10-6-8(17)7-19-14(10)20-12-4-3-11(16)9-2-1-5-18-13(9)12/h1-7H,17H2,(H,19,20). The monoisotopic (exact) mass is 348 g/mol. The second kappa shape index (κ2) is 5.26. The molecule has 2 aromatic heterocycles. The van der Waals surface area contributed by atoms with Gasteiger partial charge in [0.1, 0.15) is 5.82 Å². The Morgan fingerprint density at radius 2 is 2.05 bits per heavy atom. The summed E-state index contributed by atoms with van der Waals surface area (Å²) in [6.45, 7) is 0. The van der Waals surface area contributed by atoms with Crippen LogP contribution in [0.4, 0.5) is 17.2 Å². The van der Waals surface area contributed by atoms with Crippen LogP contribution in [0.1, 0.15) is 0 Å². The molecule has 0 fully saturated rings. The van der Waals surface area contributed by atoms with E-state index in [4.69, 9.17) is 17.3 Å². The fourth-order valence-corrected chi connectivity index (χ4v) is 2.59. The van der Waals surface area contributed by atoms with Crippen molar-refractivity contribution in [2.75, 3.05) is 11.1 Å². The molecule has 4 nitrogen and oxygen atoms in total. The molecule has 0 unspecified atom stereocenters. The highest BCUT2D eigenvalue weighted by atomic mass is 79.9. The SMILES string of the molecule is Nc1cnc(Nc2ccc(Cl)c3cccnc23)c(Br)c1. The zero-order chi connectivity index (χ0) is 14.1. The summed E-state index contributed by atoms with van der Waals surface area (Å²) in [5, 5.41) is 4.80. The summed E-state index contributed by atoms with van der Waals surface area (Å²) in [7, 11) is 0. The lowest BCUT2D eigenvalue weighted by Crippen LogP contribution is -1.98. The molecular weight excluding hydrogens is 340 g/mol. The van der Waals surface area contributed by atoms with Gasteiger partial charge in [-0.2, -0.15) is 0 Å². The molecule has 0 saturated heterocycles. The Balaban J connectivity index is 2.09. The predicted octanol–water partition coefficient (Wildman–Crippen LogP) is 4.37. The zero-order valence-electron chi connectivity index (χ0n) is 10.3. The van der Waals surface area contributed by atoms with Crippen LogP contribution >= 0.6 is 27.5 Å². The average molecular weight is 350 g/mol. The Morgan fingerprint density at radius 3 is 2.85 bits per heavy atom. The number of benzene rings is 1. The van der Waals surface area contributed by atoms with E-state index in [1.165, 1.54) is 0 Å². The van der Waals surface area contributed by atoms with Gasteiger partial charge in [0.25, 0.3) is 0 Å². The normalized spacial score (nSPS) is 10.7. The number of nitrogen functional groups attached to an aromatic ring is 1. The van der Waals surface area contributed by atoms with Crippen molar-refractivity contribution in [1.29, 1.82) is 0 Å². The summed E-state index contributed by atoms with van der Waals surface area (Å²) in [5.41, 5.74) is 7.91. The molecule has 0 aliphatic heterocycles. The Labute approximate surface area is 129 Å². The highest BCUT2D eigenvalue weighted by Crippen LogP contribution is 2.31. The molecule has 6 heteroatoms. The lowest BCUT2D eigenvalue weighted by molar-refractivity contribution is 1.29. The molecule has 0 bridgehead atoms. The largest absolute Gasteiger partial charge is 0.397 e. The molecular formula is C14H10BrClN4. The molecule has 0 atom stereocenters. The summed E-state index contributed by atoms with van der Waals surface area (Å²) < 4.78 is 0.788. The zero-order valence-corrected chi connectivity index (χ0v) is 12.6. The Hall–Kier alpha value is -1.85. The van der Waals surface area contributed by atoms with Gasteiger partial charge in [-0.15, -0.1) is 0 Å². The molecule has 0 amide bonds. The van der Waals surface area contributed by atoms with Gasteiger partial charge in [-0.3, -0.25) is 4.98 Å². The predicted molar refractivity (Wildman–Crippen MR) is 86.4 cm³/mol. The molecule has 0 saturated carbocycles. The van der Waals surface area contributed by atoms with Crippen LogP contribution in [0.3, 0.4) is 0 Å². The number of pyridine rings is 2. The number of nitrogens with one attached hydrogen (secondary N) is 1. The molecule has 3 aromatic rings. The van der Waals surface area contributed by atoms with Crippen LogP contribution in [0.5, 0.6) is 0 Å². The highest BCUT2D eigenvalue weighted by Gasteiger charge is 2.08. The summed E-state index contributed by atoms with van der Waals surface area (Å²) in [5.74, 6) is 0.675. The van der Waals surface area contributed by atoms with Gasteiger partial charge in [-0.05, 0) is 46.3 Å². The van der Waals surface area contributed by atoms with E-state index in [1.54, 1.807) is 18.5 Å². The minimum Gasteiger partial charge on any atom is -0.397 e. The van der Waals surface area contributed by atoms with E-state index in [2.05, 4.69) is 31.2 Å². The first kappa shape index (κ1) is 13.1. The van der Waals surface area contributed by atoms with Crippen molar-refractivity contribution in [2.24, 2.45) is 0 Å². The lowest BCUT2D eigenvalue weighted by atomic mass is 10.2. The molecule has 2 heterocycles. The van der Waals surface area contributed by atoms with Gasteiger partial charge in [0.05, 0.1) is 32.6 Å². The molecule has 3 rings (SSSR count). The second-order valence-electron chi connectivity index (χ2n) is 4.22. The maximum absolute atomic E-state index is 6.17. The lowest BCUT2D eigenvalue weighted by Gasteiger charge is -2.11. The van der Waals surface area contributed by atoms with Crippen LogP contribution in [-0.4, -0.2) is 9.97 Å². The van der Waals surface area contributed by atoms with Crippen molar-refractivity contribution in [3.8, 4) is 0 Å². The Kier molecular flexibility index (Phi) is 3.46. The van der Waals surface area contributed by atoms with Crippen LogP contribution < -0.4 is 11.1 Å². The number of anilines is 3. The number of aromatic nitrogens is 2. The minimum absolute atomic E-state index is 0.599.